The Hall–Kier alpha value is -2.74. The first kappa shape index (κ1) is 21.1. The Bertz CT molecular complexity index is 1250. The van der Waals surface area contributed by atoms with E-state index in [0.29, 0.717) is 6.42 Å². The van der Waals surface area contributed by atoms with E-state index in [4.69, 9.17) is 0 Å². The molecule has 0 saturated carbocycles. The van der Waals surface area contributed by atoms with Crippen LogP contribution in [0.4, 0.5) is 10.1 Å². The van der Waals surface area contributed by atoms with Gasteiger partial charge < -0.3 is 10.0 Å². The van der Waals surface area contributed by atoms with Gasteiger partial charge in [0, 0.05) is 25.2 Å². The Morgan fingerprint density at radius 2 is 1.72 bits per heavy atom. The van der Waals surface area contributed by atoms with Crippen LogP contribution >= 0.6 is 0 Å². The van der Waals surface area contributed by atoms with Crippen molar-refractivity contribution in [2.75, 3.05) is 25.1 Å². The van der Waals surface area contributed by atoms with E-state index < -0.39 is 21.9 Å². The van der Waals surface area contributed by atoms with Gasteiger partial charge in [0.2, 0.25) is 10.0 Å². The summed E-state index contributed by atoms with van der Waals surface area (Å²) >= 11 is 0. The molecule has 0 unspecified atom stereocenters. The van der Waals surface area contributed by atoms with E-state index in [1.165, 1.54) is 28.6 Å². The van der Waals surface area contributed by atoms with E-state index in [1.807, 2.05) is 60.5 Å². The van der Waals surface area contributed by atoms with Crippen molar-refractivity contribution < 1.29 is 17.9 Å². The molecule has 3 atom stereocenters. The Morgan fingerprint density at radius 3 is 2.44 bits per heavy atom. The second kappa shape index (κ2) is 7.99. The monoisotopic (exact) mass is 452 g/mol. The van der Waals surface area contributed by atoms with E-state index in [2.05, 4.69) is 0 Å². The predicted octanol–water partition coefficient (Wildman–Crippen LogP) is 4.06. The van der Waals surface area contributed by atoms with Crippen LogP contribution in [0, 0.1) is 11.7 Å². The van der Waals surface area contributed by atoms with Gasteiger partial charge in [-0.1, -0.05) is 48.5 Å². The highest BCUT2D eigenvalue weighted by atomic mass is 32.2. The fraction of sp³-hybridized carbons (Fsp3) is 0.280. The molecule has 5 nitrogen and oxygen atoms in total. The number of hydrogen-bond acceptors (Lipinski definition) is 4. The zero-order valence-corrected chi connectivity index (χ0v) is 18.5. The summed E-state index contributed by atoms with van der Waals surface area (Å²) in [5, 5.41) is 10.1. The molecule has 0 bridgehead atoms. The van der Waals surface area contributed by atoms with Crippen molar-refractivity contribution >= 4 is 15.7 Å². The summed E-state index contributed by atoms with van der Waals surface area (Å²) in [5.74, 6) is -0.842. The molecule has 1 N–H and O–H groups in total. The molecule has 5 rings (SSSR count). The van der Waals surface area contributed by atoms with E-state index in [1.54, 1.807) is 0 Å². The molecule has 3 aromatic carbocycles. The molecule has 1 fully saturated rings. The lowest BCUT2D eigenvalue weighted by Crippen LogP contribution is -2.48. The zero-order valence-electron chi connectivity index (χ0n) is 17.7. The fourth-order valence-corrected chi connectivity index (χ4v) is 7.00. The van der Waals surface area contributed by atoms with Crippen molar-refractivity contribution in [2.45, 2.75) is 23.4 Å². The lowest BCUT2D eigenvalue weighted by atomic mass is 9.81. The van der Waals surface area contributed by atoms with Crippen molar-refractivity contribution in [1.29, 1.82) is 0 Å². The van der Waals surface area contributed by atoms with E-state index in [9.17, 15) is 17.9 Å². The largest absolute Gasteiger partial charge is 0.394 e. The highest BCUT2D eigenvalue weighted by Crippen LogP contribution is 2.51. The van der Waals surface area contributed by atoms with Crippen LogP contribution in [0.3, 0.4) is 0 Å². The van der Waals surface area contributed by atoms with Crippen LogP contribution in [0.15, 0.2) is 77.7 Å². The molecule has 32 heavy (non-hydrogen) atoms. The zero-order chi connectivity index (χ0) is 22.5. The third-order valence-electron chi connectivity index (χ3n) is 6.83. The summed E-state index contributed by atoms with van der Waals surface area (Å²) < 4.78 is 43.0. The second-order valence-corrected chi connectivity index (χ2v) is 10.3. The molecule has 2 heterocycles. The molecule has 3 aromatic rings. The maximum absolute atomic E-state index is 14.5. The van der Waals surface area contributed by atoms with Gasteiger partial charge in [-0.25, -0.2) is 12.8 Å². The molecule has 0 radical (unpaired) electrons. The van der Waals surface area contributed by atoms with Crippen molar-refractivity contribution in [3.8, 4) is 11.1 Å². The van der Waals surface area contributed by atoms with Crippen molar-refractivity contribution in [1.82, 2.24) is 4.31 Å². The van der Waals surface area contributed by atoms with Crippen LogP contribution in [-0.4, -0.2) is 44.1 Å². The normalized spacial score (nSPS) is 23.1. The molecule has 0 aromatic heterocycles. The third kappa shape index (κ3) is 3.23. The molecular formula is C25H25FN2O3S. The number of aliphatic hydroxyl groups excluding tert-OH is 1. The average Bonchev–Trinajstić information content (AvgIpc) is 3.26. The highest BCUT2D eigenvalue weighted by Gasteiger charge is 2.50. The SMILES string of the molecule is CN1c2ccc(-c3ccccc3)cc2[C@H]2[C@H](CCN2S(=O)(=O)c2ccccc2F)[C@@H]1CO. The van der Waals surface area contributed by atoms with Gasteiger partial charge in [0.05, 0.1) is 18.7 Å². The van der Waals surface area contributed by atoms with E-state index in [0.717, 1.165) is 22.4 Å². The van der Waals surface area contributed by atoms with Crippen LogP contribution in [0.1, 0.15) is 18.0 Å². The van der Waals surface area contributed by atoms with Crippen LogP contribution < -0.4 is 4.90 Å². The average molecular weight is 453 g/mol. The molecule has 166 valence electrons. The Morgan fingerprint density at radius 1 is 1.00 bits per heavy atom. The van der Waals surface area contributed by atoms with Crippen molar-refractivity contribution in [2.24, 2.45) is 5.92 Å². The number of fused-ring (bicyclic) bond motifs is 3. The Kier molecular flexibility index (Phi) is 5.28. The topological polar surface area (TPSA) is 60.9 Å². The Labute approximate surface area is 187 Å². The predicted molar refractivity (Wildman–Crippen MR) is 122 cm³/mol. The van der Waals surface area contributed by atoms with Gasteiger partial charge in [0.1, 0.15) is 10.7 Å². The maximum atomic E-state index is 14.5. The molecule has 0 aliphatic carbocycles. The standard InChI is InChI=1S/C25H25FN2O3S/c1-27-22-12-11-18(17-7-3-2-4-8-17)15-20(22)25-19(23(27)16-29)13-14-28(25)32(30,31)24-10-6-5-9-21(24)26/h2-12,15,19,23,25,29H,13-14,16H2,1H3/t19-,23+,25-/m1/s1. The van der Waals surface area contributed by atoms with Crippen molar-refractivity contribution in [3.63, 3.8) is 0 Å². The van der Waals surface area contributed by atoms with Gasteiger partial charge in [-0.2, -0.15) is 4.31 Å². The number of aliphatic hydroxyl groups is 1. The van der Waals surface area contributed by atoms with Crippen LogP contribution in [0.25, 0.3) is 11.1 Å². The molecule has 2 aliphatic heterocycles. The number of benzene rings is 3. The summed E-state index contributed by atoms with van der Waals surface area (Å²) in [7, 11) is -2.11. The minimum absolute atomic E-state index is 0.0782. The first-order valence-electron chi connectivity index (χ1n) is 10.7. The molecule has 1 saturated heterocycles. The van der Waals surface area contributed by atoms with Crippen LogP contribution in [-0.2, 0) is 10.0 Å². The van der Waals surface area contributed by atoms with Gasteiger partial charge in [0.15, 0.2) is 0 Å². The number of likely N-dealkylation sites (N-methyl/N-ethyl adjacent to an activating group) is 1. The van der Waals surface area contributed by atoms with Crippen LogP contribution in [0.5, 0.6) is 0 Å². The van der Waals surface area contributed by atoms with Gasteiger partial charge in [-0.05, 0) is 47.4 Å². The molecule has 2 aliphatic rings. The Balaban J connectivity index is 1.66. The smallest absolute Gasteiger partial charge is 0.246 e. The van der Waals surface area contributed by atoms with E-state index in [-0.39, 0.29) is 30.0 Å². The quantitative estimate of drug-likeness (QED) is 0.649. The first-order chi connectivity index (χ1) is 15.4. The molecule has 0 amide bonds. The third-order valence-corrected chi connectivity index (χ3v) is 8.75. The van der Waals surface area contributed by atoms with Gasteiger partial charge in [0.25, 0.3) is 0 Å². The first-order valence-corrected chi connectivity index (χ1v) is 12.2. The fourth-order valence-electron chi connectivity index (χ4n) is 5.27. The summed E-state index contributed by atoms with van der Waals surface area (Å²) in [5.41, 5.74) is 3.82. The summed E-state index contributed by atoms with van der Waals surface area (Å²) in [4.78, 5) is 1.74. The summed E-state index contributed by atoms with van der Waals surface area (Å²) in [6.07, 6.45) is 0.600. The van der Waals surface area contributed by atoms with Crippen molar-refractivity contribution in [3.05, 3.63) is 84.2 Å². The van der Waals surface area contributed by atoms with Crippen LogP contribution in [0.2, 0.25) is 0 Å². The highest BCUT2D eigenvalue weighted by molar-refractivity contribution is 7.89. The number of rotatable bonds is 4. The molecule has 7 heteroatoms. The minimum atomic E-state index is -4.05. The van der Waals surface area contributed by atoms with E-state index >= 15 is 0 Å². The number of nitrogens with zero attached hydrogens (tertiary/aromatic N) is 2. The second-order valence-electron chi connectivity index (χ2n) is 8.44. The number of anilines is 1. The minimum Gasteiger partial charge on any atom is -0.394 e. The van der Waals surface area contributed by atoms with Gasteiger partial charge >= 0.3 is 0 Å². The molecule has 0 spiro atoms. The lowest BCUT2D eigenvalue weighted by Gasteiger charge is -2.44. The number of sulfonamides is 1. The maximum Gasteiger partial charge on any atom is 0.246 e. The number of hydrogen-bond donors (Lipinski definition) is 1. The molecular weight excluding hydrogens is 427 g/mol. The van der Waals surface area contributed by atoms with Gasteiger partial charge in [-0.15, -0.1) is 0 Å². The summed E-state index contributed by atoms with van der Waals surface area (Å²) in [6.45, 7) is 0.205. The number of halogens is 1. The summed E-state index contributed by atoms with van der Waals surface area (Å²) in [6, 6.07) is 20.8. The van der Waals surface area contributed by atoms with Gasteiger partial charge in [-0.3, -0.25) is 0 Å². The lowest BCUT2D eigenvalue weighted by molar-refractivity contribution is 0.193.